The summed E-state index contributed by atoms with van der Waals surface area (Å²) in [4.78, 5) is 23.9. The first-order valence-corrected chi connectivity index (χ1v) is 12.2. The van der Waals surface area contributed by atoms with Crippen LogP contribution in [0, 0.1) is 6.92 Å². The molecular weight excluding hydrogens is 502 g/mol. The van der Waals surface area contributed by atoms with Crippen molar-refractivity contribution in [1.29, 1.82) is 0 Å². The third-order valence-electron chi connectivity index (χ3n) is 4.38. The molecule has 0 aliphatic rings. The van der Waals surface area contributed by atoms with E-state index in [0.717, 1.165) is 32.6 Å². The fourth-order valence-electron chi connectivity index (χ4n) is 2.73. The number of hydrogen-bond acceptors (Lipinski definition) is 5. The van der Waals surface area contributed by atoms with Gasteiger partial charge >= 0.3 is 0 Å². The molecule has 0 atom stereocenters. The SMILES string of the molecule is Cc1ccc(NC(=O)COc2ccc(/C=N\NC(=O)CSCc3cccc(Br)c3)cc2)cc1. The second kappa shape index (κ2) is 12.8. The maximum atomic E-state index is 12.0. The lowest BCUT2D eigenvalue weighted by molar-refractivity contribution is -0.119. The molecule has 6 nitrogen and oxygen atoms in total. The standard InChI is InChI=1S/C25H24BrN3O3S/c1-18-5-9-22(10-6-18)28-24(30)15-32-23-11-7-19(8-12-23)14-27-29-25(31)17-33-16-20-3-2-4-21(26)13-20/h2-14H,15-17H2,1H3,(H,28,30)(H,29,31)/b27-14-. The quantitative estimate of drug-likeness (QED) is 0.283. The Morgan fingerprint density at radius 1 is 1.03 bits per heavy atom. The number of thioether (sulfide) groups is 1. The van der Waals surface area contributed by atoms with Crippen LogP contribution in [0.2, 0.25) is 0 Å². The number of carbonyl (C=O) groups is 2. The van der Waals surface area contributed by atoms with Crippen molar-refractivity contribution in [2.75, 3.05) is 17.7 Å². The van der Waals surface area contributed by atoms with Gasteiger partial charge < -0.3 is 10.1 Å². The Labute approximate surface area is 205 Å². The van der Waals surface area contributed by atoms with Crippen LogP contribution < -0.4 is 15.5 Å². The van der Waals surface area contributed by atoms with E-state index in [-0.39, 0.29) is 18.4 Å². The number of benzene rings is 3. The number of nitrogens with zero attached hydrogens (tertiary/aromatic N) is 1. The van der Waals surface area contributed by atoms with Crippen LogP contribution in [0.4, 0.5) is 5.69 Å². The van der Waals surface area contributed by atoms with Crippen LogP contribution in [-0.2, 0) is 15.3 Å². The highest BCUT2D eigenvalue weighted by Gasteiger charge is 2.04. The highest BCUT2D eigenvalue weighted by atomic mass is 79.9. The van der Waals surface area contributed by atoms with Crippen LogP contribution in [-0.4, -0.2) is 30.4 Å². The summed E-state index contributed by atoms with van der Waals surface area (Å²) < 4.78 is 6.54. The molecule has 0 fully saturated rings. The highest BCUT2D eigenvalue weighted by molar-refractivity contribution is 9.10. The van der Waals surface area contributed by atoms with E-state index in [4.69, 9.17) is 4.74 Å². The van der Waals surface area contributed by atoms with Crippen LogP contribution in [0.15, 0.2) is 82.4 Å². The molecule has 0 unspecified atom stereocenters. The zero-order chi connectivity index (χ0) is 23.5. The maximum absolute atomic E-state index is 12.0. The van der Waals surface area contributed by atoms with Crippen molar-refractivity contribution in [3.63, 3.8) is 0 Å². The molecule has 3 aromatic rings. The van der Waals surface area contributed by atoms with Crippen molar-refractivity contribution in [3.05, 3.63) is 94.0 Å². The molecule has 3 aromatic carbocycles. The van der Waals surface area contributed by atoms with Crippen LogP contribution in [0.5, 0.6) is 5.75 Å². The Kier molecular flexibility index (Phi) is 9.53. The zero-order valence-corrected chi connectivity index (χ0v) is 20.5. The number of carbonyl (C=O) groups excluding carboxylic acids is 2. The van der Waals surface area contributed by atoms with Crippen molar-refractivity contribution < 1.29 is 14.3 Å². The first-order valence-electron chi connectivity index (χ1n) is 10.2. The molecule has 0 radical (unpaired) electrons. The van der Waals surface area contributed by atoms with Gasteiger partial charge in [-0.3, -0.25) is 9.59 Å². The molecule has 0 saturated carbocycles. The summed E-state index contributed by atoms with van der Waals surface area (Å²) in [5.74, 6) is 1.25. The zero-order valence-electron chi connectivity index (χ0n) is 18.1. The Bertz CT molecular complexity index is 1100. The predicted molar refractivity (Wildman–Crippen MR) is 138 cm³/mol. The largest absolute Gasteiger partial charge is 0.484 e. The molecule has 2 amide bonds. The predicted octanol–water partition coefficient (Wildman–Crippen LogP) is 5.16. The highest BCUT2D eigenvalue weighted by Crippen LogP contribution is 2.17. The Morgan fingerprint density at radius 2 is 1.79 bits per heavy atom. The van der Waals surface area contributed by atoms with Gasteiger partial charge in [-0.2, -0.15) is 5.10 Å². The van der Waals surface area contributed by atoms with Crippen LogP contribution in [0.25, 0.3) is 0 Å². The monoisotopic (exact) mass is 525 g/mol. The van der Waals surface area contributed by atoms with Crippen LogP contribution in [0.3, 0.4) is 0 Å². The van der Waals surface area contributed by atoms with Gasteiger partial charge in [-0.05, 0) is 66.6 Å². The van der Waals surface area contributed by atoms with E-state index >= 15 is 0 Å². The fraction of sp³-hybridized carbons (Fsp3) is 0.160. The second-order valence-electron chi connectivity index (χ2n) is 7.19. The molecule has 0 bridgehead atoms. The van der Waals surface area contributed by atoms with E-state index in [2.05, 4.69) is 31.8 Å². The molecule has 8 heteroatoms. The number of aryl methyl sites for hydroxylation is 1. The third-order valence-corrected chi connectivity index (χ3v) is 5.88. The van der Waals surface area contributed by atoms with Gasteiger partial charge in [-0.1, -0.05) is 45.8 Å². The lowest BCUT2D eigenvalue weighted by Crippen LogP contribution is -2.20. The minimum Gasteiger partial charge on any atom is -0.484 e. The van der Waals surface area contributed by atoms with E-state index in [1.54, 1.807) is 30.5 Å². The van der Waals surface area contributed by atoms with E-state index in [1.807, 2.05) is 55.5 Å². The molecule has 33 heavy (non-hydrogen) atoms. The Morgan fingerprint density at radius 3 is 2.52 bits per heavy atom. The molecule has 0 aliphatic heterocycles. The third kappa shape index (κ3) is 9.11. The number of nitrogens with one attached hydrogen (secondary N) is 2. The lowest BCUT2D eigenvalue weighted by atomic mass is 10.2. The van der Waals surface area contributed by atoms with Crippen molar-refractivity contribution in [3.8, 4) is 5.75 Å². The topological polar surface area (TPSA) is 79.8 Å². The summed E-state index contributed by atoms with van der Waals surface area (Å²) in [5.41, 5.74) is 6.34. The van der Waals surface area contributed by atoms with E-state index in [1.165, 1.54) is 11.8 Å². The van der Waals surface area contributed by atoms with Gasteiger partial charge in [0.05, 0.1) is 12.0 Å². The average Bonchev–Trinajstić information content (AvgIpc) is 2.80. The van der Waals surface area contributed by atoms with E-state index < -0.39 is 0 Å². The maximum Gasteiger partial charge on any atom is 0.262 e. The molecule has 3 rings (SSSR count). The van der Waals surface area contributed by atoms with Crippen LogP contribution >= 0.6 is 27.7 Å². The number of hydrazone groups is 1. The Balaban J connectivity index is 1.35. The van der Waals surface area contributed by atoms with Crippen molar-refractivity contribution in [1.82, 2.24) is 5.43 Å². The molecule has 0 heterocycles. The summed E-state index contributed by atoms with van der Waals surface area (Å²) in [6, 6.07) is 22.7. The number of rotatable bonds is 10. The molecular formula is C25H24BrN3O3S. The van der Waals surface area contributed by atoms with Crippen LogP contribution in [0.1, 0.15) is 16.7 Å². The van der Waals surface area contributed by atoms with Gasteiger partial charge in [-0.15, -0.1) is 11.8 Å². The Hall–Kier alpha value is -3.10. The number of hydrogen-bond donors (Lipinski definition) is 2. The molecule has 2 N–H and O–H groups in total. The summed E-state index contributed by atoms with van der Waals surface area (Å²) in [6.45, 7) is 1.90. The normalized spacial score (nSPS) is 10.7. The first-order chi connectivity index (χ1) is 16.0. The smallest absolute Gasteiger partial charge is 0.262 e. The van der Waals surface area contributed by atoms with Crippen molar-refractivity contribution in [2.45, 2.75) is 12.7 Å². The molecule has 0 spiro atoms. The number of anilines is 1. The summed E-state index contributed by atoms with van der Waals surface area (Å²) in [6.07, 6.45) is 1.56. The second-order valence-corrected chi connectivity index (χ2v) is 9.09. The van der Waals surface area contributed by atoms with E-state index in [0.29, 0.717) is 11.5 Å². The molecule has 0 saturated heterocycles. The summed E-state index contributed by atoms with van der Waals surface area (Å²) >= 11 is 4.96. The average molecular weight is 526 g/mol. The van der Waals surface area contributed by atoms with E-state index in [9.17, 15) is 9.59 Å². The number of halogens is 1. The minimum atomic E-state index is -0.232. The number of amides is 2. The van der Waals surface area contributed by atoms with Gasteiger partial charge in [0.1, 0.15) is 5.75 Å². The summed E-state index contributed by atoms with van der Waals surface area (Å²) in [5, 5.41) is 6.77. The van der Waals surface area contributed by atoms with Gasteiger partial charge in [0.25, 0.3) is 5.91 Å². The molecule has 170 valence electrons. The minimum absolute atomic E-state index is 0.0883. The first kappa shape index (κ1) is 24.5. The van der Waals surface area contributed by atoms with Gasteiger partial charge in [-0.25, -0.2) is 5.43 Å². The molecule has 0 aliphatic carbocycles. The van der Waals surface area contributed by atoms with Crippen molar-refractivity contribution in [2.24, 2.45) is 5.10 Å². The molecule has 0 aromatic heterocycles. The van der Waals surface area contributed by atoms with Gasteiger partial charge in [0.2, 0.25) is 5.91 Å². The van der Waals surface area contributed by atoms with Gasteiger partial charge in [0.15, 0.2) is 6.61 Å². The van der Waals surface area contributed by atoms with Crippen molar-refractivity contribution >= 4 is 51.4 Å². The lowest BCUT2D eigenvalue weighted by Gasteiger charge is -2.08. The fourth-order valence-corrected chi connectivity index (χ4v) is 3.95. The summed E-state index contributed by atoms with van der Waals surface area (Å²) in [7, 11) is 0. The van der Waals surface area contributed by atoms with Gasteiger partial charge in [0, 0.05) is 15.9 Å². The number of ether oxygens (including phenoxy) is 1.